The molecule has 4 aliphatic rings. The third-order valence-electron chi connectivity index (χ3n) is 14.2. The van der Waals surface area contributed by atoms with Crippen LogP contribution in [0.2, 0.25) is 0 Å². The monoisotopic (exact) mass is 802 g/mol. The van der Waals surface area contributed by atoms with Gasteiger partial charge in [-0.2, -0.15) is 0 Å². The van der Waals surface area contributed by atoms with Crippen LogP contribution in [0.15, 0.2) is 157 Å². The molecule has 0 amide bonds. The van der Waals surface area contributed by atoms with E-state index in [-0.39, 0.29) is 5.92 Å². The van der Waals surface area contributed by atoms with Gasteiger partial charge in [0.1, 0.15) is 6.10 Å². The topological polar surface area (TPSA) is 60.7 Å². The van der Waals surface area contributed by atoms with Crippen molar-refractivity contribution in [2.24, 2.45) is 11.3 Å². The Balaban J connectivity index is 1.08. The summed E-state index contributed by atoms with van der Waals surface area (Å²) in [5, 5.41) is 49.7. The second kappa shape index (κ2) is 14.2. The zero-order valence-electron chi connectivity index (χ0n) is 34.6. The van der Waals surface area contributed by atoms with Crippen LogP contribution in [0.3, 0.4) is 0 Å². The molecule has 0 saturated carbocycles. The maximum absolute atomic E-state index is 12.4. The summed E-state index contributed by atoms with van der Waals surface area (Å²) in [6.07, 6.45) is 20.3. The second-order valence-electron chi connectivity index (χ2n) is 18.1. The van der Waals surface area contributed by atoms with Crippen LogP contribution >= 0.6 is 0 Å². The van der Waals surface area contributed by atoms with E-state index >= 15 is 0 Å². The first kappa shape index (κ1) is 37.2. The number of aliphatic hydroxyl groups excluding tert-OH is 3. The summed E-state index contributed by atoms with van der Waals surface area (Å²) in [6, 6.07) is 44.4. The molecule has 3 nitrogen and oxygen atoms in total. The van der Waals surface area contributed by atoms with Gasteiger partial charge in [0.15, 0.2) is 0 Å². The predicted molar refractivity (Wildman–Crippen MR) is 257 cm³/mol. The van der Waals surface area contributed by atoms with E-state index in [0.29, 0.717) is 6.42 Å². The van der Waals surface area contributed by atoms with Crippen molar-refractivity contribution < 1.29 is 15.3 Å². The lowest BCUT2D eigenvalue weighted by Crippen LogP contribution is -2.27. The van der Waals surface area contributed by atoms with Crippen LogP contribution in [0, 0.1) is 11.3 Å². The molecule has 0 fully saturated rings. The number of allylic oxidation sites excluding steroid dienone is 2. The van der Waals surface area contributed by atoms with Gasteiger partial charge in [0.05, 0.1) is 12.2 Å². The summed E-state index contributed by atoms with van der Waals surface area (Å²) in [7, 11) is 0. The highest BCUT2D eigenvalue weighted by molar-refractivity contribution is 6.20. The van der Waals surface area contributed by atoms with Crippen LogP contribution in [0.25, 0.3) is 79.0 Å². The lowest BCUT2D eigenvalue weighted by Gasteiger charge is -2.29. The third kappa shape index (κ3) is 5.91. The Morgan fingerprint density at radius 3 is 2.03 bits per heavy atom. The Hall–Kier alpha value is -6.62. The van der Waals surface area contributed by atoms with Gasteiger partial charge in [0.2, 0.25) is 0 Å². The van der Waals surface area contributed by atoms with Crippen molar-refractivity contribution in [2.75, 3.05) is 0 Å². The van der Waals surface area contributed by atoms with Crippen LogP contribution in [-0.4, -0.2) is 15.3 Å². The van der Waals surface area contributed by atoms with Crippen molar-refractivity contribution in [1.29, 1.82) is 0 Å². The molecule has 5 atom stereocenters. The maximum atomic E-state index is 12.4. The van der Waals surface area contributed by atoms with E-state index in [1.54, 1.807) is 0 Å². The number of hydrogen-bond acceptors (Lipinski definition) is 3. The smallest absolute Gasteiger partial charge is 0.101 e. The molecule has 0 bridgehead atoms. The Labute approximate surface area is 360 Å². The molecule has 8 aromatic carbocycles. The van der Waals surface area contributed by atoms with Crippen LogP contribution in [0.1, 0.15) is 77.0 Å². The Morgan fingerprint density at radius 1 is 0.581 bits per heavy atom. The van der Waals surface area contributed by atoms with Gasteiger partial charge in [-0.25, -0.2) is 0 Å². The SMILES string of the molecule is CC1(C(O)c2ccc3ccccc3c2)C=Cc2c3c4c5c(ccc6ccc(c2c65)=C1)CC(C(O)c1ccc2c(c1)=CCCC=2)=CC4=CC(C(O)c1ccc2ccccc2c1)C=C3. The highest BCUT2D eigenvalue weighted by Gasteiger charge is 2.34. The van der Waals surface area contributed by atoms with Gasteiger partial charge in [-0.05, 0) is 153 Å². The highest BCUT2D eigenvalue weighted by atomic mass is 16.3. The largest absolute Gasteiger partial charge is 0.387 e. The Bertz CT molecular complexity index is 3530. The highest BCUT2D eigenvalue weighted by Crippen LogP contribution is 2.49. The van der Waals surface area contributed by atoms with Crippen molar-refractivity contribution >= 4 is 79.0 Å². The van der Waals surface area contributed by atoms with Crippen LogP contribution in [0.4, 0.5) is 0 Å². The zero-order chi connectivity index (χ0) is 41.7. The van der Waals surface area contributed by atoms with E-state index in [2.05, 4.69) is 159 Å². The molecule has 62 heavy (non-hydrogen) atoms. The minimum absolute atomic E-state index is 0.356. The molecule has 0 heterocycles. The summed E-state index contributed by atoms with van der Waals surface area (Å²) < 4.78 is 0. The molecule has 0 aromatic heterocycles. The fraction of sp³-hybridized carbons (Fsp3) is 0.153. The number of aliphatic hydroxyl groups is 3. The molecule has 0 aliphatic heterocycles. The average molecular weight is 803 g/mol. The lowest BCUT2D eigenvalue weighted by molar-refractivity contribution is 0.109. The second-order valence-corrected chi connectivity index (χ2v) is 18.1. The molecule has 0 saturated heterocycles. The van der Waals surface area contributed by atoms with E-state index < -0.39 is 23.7 Å². The normalized spacial score (nSPS) is 20.2. The molecule has 0 radical (unpaired) electrons. The van der Waals surface area contributed by atoms with Gasteiger partial charge >= 0.3 is 0 Å². The Morgan fingerprint density at radius 2 is 1.24 bits per heavy atom. The summed E-state index contributed by atoms with van der Waals surface area (Å²) >= 11 is 0. The van der Waals surface area contributed by atoms with Crippen molar-refractivity contribution in [2.45, 2.75) is 44.5 Å². The lowest BCUT2D eigenvalue weighted by atomic mass is 9.79. The van der Waals surface area contributed by atoms with Gasteiger partial charge in [-0.1, -0.05) is 164 Å². The van der Waals surface area contributed by atoms with E-state index in [9.17, 15) is 15.3 Å². The fourth-order valence-corrected chi connectivity index (χ4v) is 10.9. The molecule has 3 heteroatoms. The minimum Gasteiger partial charge on any atom is -0.387 e. The molecule has 12 rings (SSSR count). The molecule has 8 aromatic rings. The number of hydrogen-bond donors (Lipinski definition) is 3. The summed E-state index contributed by atoms with van der Waals surface area (Å²) in [5.41, 5.74) is 8.28. The van der Waals surface area contributed by atoms with E-state index in [4.69, 9.17) is 0 Å². The van der Waals surface area contributed by atoms with E-state index in [0.717, 1.165) is 100 Å². The fourth-order valence-electron chi connectivity index (χ4n) is 10.9. The number of rotatable bonds is 6. The molecule has 300 valence electrons. The van der Waals surface area contributed by atoms with Crippen LogP contribution in [0.5, 0.6) is 0 Å². The number of benzene rings is 8. The molecule has 3 N–H and O–H groups in total. The van der Waals surface area contributed by atoms with Gasteiger partial charge in [0.25, 0.3) is 0 Å². The molecular weight excluding hydrogens is 757 g/mol. The van der Waals surface area contributed by atoms with Gasteiger partial charge in [-0.3, -0.25) is 0 Å². The first-order chi connectivity index (χ1) is 30.3. The van der Waals surface area contributed by atoms with Crippen molar-refractivity contribution in [3.63, 3.8) is 0 Å². The van der Waals surface area contributed by atoms with Crippen molar-refractivity contribution in [3.05, 3.63) is 212 Å². The standard InChI is InChI=1S/C59H46O3/c1-59(58(62)46-22-16-37-10-4-7-13-41(37)30-46)27-26-51-50-25-24-45(56(60)43-20-14-35-8-2-5-11-39(35)28-43)32-48-33-49(57(61)44-21-15-36-9-3-6-12-40(36)29-44)31-42-19-17-38-18-23-47(34-59)52(51)54(38)55(42)53(48)50/h2,4-5,7-30,32-34,45,56-58,60-62H,3,6,31H2,1H3. The third-order valence-corrected chi connectivity index (χ3v) is 14.2. The first-order valence-electron chi connectivity index (χ1n) is 22.0. The molecular formula is C59H46O3. The maximum Gasteiger partial charge on any atom is 0.101 e. The molecule has 0 spiro atoms. The van der Waals surface area contributed by atoms with E-state index in [1.165, 1.54) is 21.2 Å². The zero-order valence-corrected chi connectivity index (χ0v) is 34.6. The minimum atomic E-state index is -0.817. The molecule has 4 aliphatic carbocycles. The van der Waals surface area contributed by atoms with E-state index in [1.807, 2.05) is 30.3 Å². The number of fused-ring (bicyclic) bond motifs is 4. The van der Waals surface area contributed by atoms with Crippen molar-refractivity contribution in [1.82, 2.24) is 0 Å². The predicted octanol–water partition coefficient (Wildman–Crippen LogP) is 10.9. The van der Waals surface area contributed by atoms with Crippen molar-refractivity contribution in [3.8, 4) is 0 Å². The molecule has 5 unspecified atom stereocenters. The van der Waals surface area contributed by atoms with Gasteiger partial charge in [-0.15, -0.1) is 0 Å². The summed E-state index contributed by atoms with van der Waals surface area (Å²) in [4.78, 5) is 0. The summed E-state index contributed by atoms with van der Waals surface area (Å²) in [6.45, 7) is 2.13. The average Bonchev–Trinajstić information content (AvgIpc) is 3.68. The van der Waals surface area contributed by atoms with Gasteiger partial charge < -0.3 is 15.3 Å². The quantitative estimate of drug-likeness (QED) is 0.157. The Kier molecular flexibility index (Phi) is 8.53. The summed E-state index contributed by atoms with van der Waals surface area (Å²) in [5.74, 6) is -0.356. The van der Waals surface area contributed by atoms with Crippen LogP contribution < -0.4 is 15.7 Å². The van der Waals surface area contributed by atoms with Crippen LogP contribution in [-0.2, 0) is 6.42 Å². The first-order valence-corrected chi connectivity index (χ1v) is 22.0. The van der Waals surface area contributed by atoms with Gasteiger partial charge in [0, 0.05) is 11.3 Å².